The predicted octanol–water partition coefficient (Wildman–Crippen LogP) is 6.51. The van der Waals surface area contributed by atoms with Crippen LogP contribution in [0.15, 0.2) is 114 Å². The van der Waals surface area contributed by atoms with Crippen molar-refractivity contribution in [1.82, 2.24) is 0 Å². The molecule has 4 aromatic carbocycles. The number of para-hydroxylation sites is 2. The molecule has 1 atom stereocenters. The van der Waals surface area contributed by atoms with Crippen LogP contribution in [0, 0.1) is 10.1 Å². The highest BCUT2D eigenvalue weighted by Gasteiger charge is 2.33. The summed E-state index contributed by atoms with van der Waals surface area (Å²) in [6, 6.07) is 32.8. The average Bonchev–Trinajstić information content (AvgIpc) is 3.06. The Hall–Kier alpha value is -4.58. The van der Waals surface area contributed by atoms with Crippen LogP contribution in [0.3, 0.4) is 0 Å². The smallest absolute Gasteiger partial charge is 0.270 e. The van der Waals surface area contributed by atoms with Crippen molar-refractivity contribution in [3.63, 3.8) is 0 Å². The number of hydrogen-bond acceptors (Lipinski definition) is 4. The third-order valence-corrected chi connectivity index (χ3v) is 5.91. The van der Waals surface area contributed by atoms with Crippen LogP contribution in [-0.4, -0.2) is 16.5 Å². The molecule has 0 aliphatic carbocycles. The van der Waals surface area contributed by atoms with Gasteiger partial charge in [0.2, 0.25) is 0 Å². The number of benzene rings is 4. The number of non-ortho nitro benzene ring substituents is 1. The van der Waals surface area contributed by atoms with Gasteiger partial charge in [0, 0.05) is 24.1 Å². The summed E-state index contributed by atoms with van der Waals surface area (Å²) in [5.74, 6) is -0.311. The van der Waals surface area contributed by atoms with Crippen LogP contribution in [0.2, 0.25) is 0 Å². The number of carbonyl (C=O) groups excluding carboxylic acids is 1. The molecule has 34 heavy (non-hydrogen) atoms. The van der Waals surface area contributed by atoms with E-state index in [1.807, 2.05) is 84.9 Å². The Bertz CT molecular complexity index is 1380. The van der Waals surface area contributed by atoms with E-state index in [1.165, 1.54) is 12.1 Å². The summed E-state index contributed by atoms with van der Waals surface area (Å²) in [6.45, 7) is 0. The van der Waals surface area contributed by atoms with Crippen molar-refractivity contribution in [2.75, 3.05) is 4.90 Å². The third kappa shape index (κ3) is 4.09. The number of nitrogens with zero attached hydrogens (tertiary/aromatic N) is 3. The molecule has 0 saturated heterocycles. The van der Waals surface area contributed by atoms with Gasteiger partial charge in [-0.3, -0.25) is 24.8 Å². The van der Waals surface area contributed by atoms with Crippen molar-refractivity contribution in [1.29, 1.82) is 0 Å². The van der Waals surface area contributed by atoms with Gasteiger partial charge in [-0.05, 0) is 29.3 Å². The topological polar surface area (TPSA) is 75.8 Å². The van der Waals surface area contributed by atoms with Gasteiger partial charge in [-0.2, -0.15) is 0 Å². The standard InChI is InChI=1S/C28H21N3O3/c32-28(22-14-9-15-23(18-22)31(33)34)30-26-17-8-7-16-24(26)29-25(20-10-3-1-4-11-20)19-27(30)21-12-5-2-6-13-21/h1-18,27H,19H2/t27-/m0/s1. The minimum atomic E-state index is -0.488. The van der Waals surface area contributed by atoms with Crippen LogP contribution >= 0.6 is 0 Å². The molecule has 0 radical (unpaired) electrons. The Morgan fingerprint density at radius 2 is 1.53 bits per heavy atom. The van der Waals surface area contributed by atoms with Gasteiger partial charge in [-0.1, -0.05) is 78.9 Å². The maximum atomic E-state index is 14.0. The first-order valence-electron chi connectivity index (χ1n) is 11.0. The van der Waals surface area contributed by atoms with Crippen molar-refractivity contribution in [2.24, 2.45) is 4.99 Å². The van der Waals surface area contributed by atoms with E-state index in [-0.39, 0.29) is 23.2 Å². The van der Waals surface area contributed by atoms with E-state index < -0.39 is 4.92 Å². The molecular weight excluding hydrogens is 426 g/mol. The highest BCUT2D eigenvalue weighted by atomic mass is 16.6. The van der Waals surface area contributed by atoms with Crippen molar-refractivity contribution in [3.8, 4) is 0 Å². The van der Waals surface area contributed by atoms with Gasteiger partial charge in [0.1, 0.15) is 0 Å². The molecular formula is C28H21N3O3. The van der Waals surface area contributed by atoms with Crippen molar-refractivity contribution in [2.45, 2.75) is 12.5 Å². The fraction of sp³-hybridized carbons (Fsp3) is 0.0714. The summed E-state index contributed by atoms with van der Waals surface area (Å²) in [5, 5.41) is 11.4. The lowest BCUT2D eigenvalue weighted by molar-refractivity contribution is -0.384. The molecule has 1 amide bonds. The number of carbonyl (C=O) groups is 1. The fourth-order valence-corrected chi connectivity index (χ4v) is 4.29. The maximum absolute atomic E-state index is 14.0. The predicted molar refractivity (Wildman–Crippen MR) is 133 cm³/mol. The second kappa shape index (κ2) is 9.11. The zero-order valence-corrected chi connectivity index (χ0v) is 18.2. The molecule has 0 bridgehead atoms. The highest BCUT2D eigenvalue weighted by molar-refractivity contribution is 6.12. The normalized spacial score (nSPS) is 15.1. The lowest BCUT2D eigenvalue weighted by Crippen LogP contribution is -2.35. The number of aliphatic imine (C=N–C) groups is 1. The lowest BCUT2D eigenvalue weighted by atomic mass is 9.95. The molecule has 0 saturated carbocycles. The number of amides is 1. The Labute approximate surface area is 197 Å². The van der Waals surface area contributed by atoms with Gasteiger partial charge in [0.25, 0.3) is 11.6 Å². The minimum Gasteiger partial charge on any atom is -0.298 e. The van der Waals surface area contributed by atoms with Crippen LogP contribution < -0.4 is 4.90 Å². The van der Waals surface area contributed by atoms with E-state index >= 15 is 0 Å². The Morgan fingerprint density at radius 3 is 2.26 bits per heavy atom. The van der Waals surface area contributed by atoms with Crippen molar-refractivity contribution < 1.29 is 9.72 Å². The van der Waals surface area contributed by atoms with Crippen LogP contribution in [0.4, 0.5) is 17.1 Å². The first-order valence-corrected chi connectivity index (χ1v) is 11.0. The molecule has 1 aliphatic heterocycles. The molecule has 1 aliphatic rings. The molecule has 6 nitrogen and oxygen atoms in total. The van der Waals surface area contributed by atoms with Gasteiger partial charge >= 0.3 is 0 Å². The molecule has 0 aromatic heterocycles. The first kappa shape index (κ1) is 21.3. The monoisotopic (exact) mass is 447 g/mol. The SMILES string of the molecule is O=C(c1cccc([N+](=O)[O-])c1)N1c2ccccc2N=C(c2ccccc2)C[C@H]1c1ccccc1. The number of nitro benzene ring substituents is 1. The lowest BCUT2D eigenvalue weighted by Gasteiger charge is -2.31. The molecule has 0 N–H and O–H groups in total. The van der Waals surface area contributed by atoms with E-state index in [1.54, 1.807) is 17.0 Å². The van der Waals surface area contributed by atoms with E-state index in [9.17, 15) is 14.9 Å². The van der Waals surface area contributed by atoms with Gasteiger partial charge in [0.15, 0.2) is 0 Å². The number of anilines is 1. The number of rotatable bonds is 4. The van der Waals surface area contributed by atoms with E-state index in [0.29, 0.717) is 17.8 Å². The van der Waals surface area contributed by atoms with Gasteiger partial charge < -0.3 is 0 Å². The summed E-state index contributed by atoms with van der Waals surface area (Å²) in [7, 11) is 0. The van der Waals surface area contributed by atoms with Crippen molar-refractivity contribution >= 4 is 28.7 Å². The maximum Gasteiger partial charge on any atom is 0.270 e. The molecule has 166 valence electrons. The van der Waals surface area contributed by atoms with E-state index in [4.69, 9.17) is 4.99 Å². The van der Waals surface area contributed by atoms with Crippen LogP contribution in [0.25, 0.3) is 0 Å². The quantitative estimate of drug-likeness (QED) is 0.264. The van der Waals surface area contributed by atoms with Crippen LogP contribution in [0.5, 0.6) is 0 Å². The summed E-state index contributed by atoms with van der Waals surface area (Å²) in [6.07, 6.45) is 0.489. The Balaban J connectivity index is 1.69. The minimum absolute atomic E-state index is 0.119. The van der Waals surface area contributed by atoms with Crippen molar-refractivity contribution in [3.05, 3.63) is 136 Å². The van der Waals surface area contributed by atoms with E-state index in [0.717, 1.165) is 16.8 Å². The Kier molecular flexibility index (Phi) is 5.70. The highest BCUT2D eigenvalue weighted by Crippen LogP contribution is 2.41. The Morgan fingerprint density at radius 1 is 0.853 bits per heavy atom. The van der Waals surface area contributed by atoms with Gasteiger partial charge in [0.05, 0.1) is 28.1 Å². The number of hydrogen-bond donors (Lipinski definition) is 0. The zero-order chi connectivity index (χ0) is 23.5. The van der Waals surface area contributed by atoms with Crippen LogP contribution in [-0.2, 0) is 0 Å². The van der Waals surface area contributed by atoms with E-state index in [2.05, 4.69) is 0 Å². The molecule has 1 heterocycles. The summed E-state index contributed by atoms with van der Waals surface area (Å²) < 4.78 is 0. The molecule has 0 unspecified atom stereocenters. The molecule has 0 spiro atoms. The molecule has 0 fully saturated rings. The molecule has 6 heteroatoms. The largest absolute Gasteiger partial charge is 0.298 e. The second-order valence-corrected chi connectivity index (χ2v) is 8.03. The molecule has 4 aromatic rings. The third-order valence-electron chi connectivity index (χ3n) is 5.91. The van der Waals surface area contributed by atoms with Crippen LogP contribution in [0.1, 0.15) is 33.9 Å². The molecule has 5 rings (SSSR count). The summed E-state index contributed by atoms with van der Waals surface area (Å²) >= 11 is 0. The van der Waals surface area contributed by atoms with Gasteiger partial charge in [-0.15, -0.1) is 0 Å². The summed E-state index contributed by atoms with van der Waals surface area (Å²) in [5.41, 5.74) is 4.30. The van der Waals surface area contributed by atoms with Gasteiger partial charge in [-0.25, -0.2) is 0 Å². The first-order chi connectivity index (χ1) is 16.6. The summed E-state index contributed by atoms with van der Waals surface area (Å²) in [4.78, 5) is 31.5. The fourth-order valence-electron chi connectivity index (χ4n) is 4.29. The zero-order valence-electron chi connectivity index (χ0n) is 18.2. The second-order valence-electron chi connectivity index (χ2n) is 8.03. The average molecular weight is 447 g/mol. The number of nitro groups is 1. The number of fused-ring (bicyclic) bond motifs is 1.